The molecule has 4 heteroatoms. The van der Waals surface area contributed by atoms with Crippen LogP contribution in [0.3, 0.4) is 0 Å². The zero-order chi connectivity index (χ0) is 14.2. The minimum absolute atomic E-state index is 0.0295. The number of unbranched alkanes of at least 4 members (excludes halogenated alkanes) is 1. The predicted octanol–water partition coefficient (Wildman–Crippen LogP) is 2.95. The Morgan fingerprint density at radius 2 is 1.67 bits per heavy atom. The quantitative estimate of drug-likeness (QED) is 0.659. The van der Waals surface area contributed by atoms with Gasteiger partial charge < -0.3 is 9.47 Å². The van der Waals surface area contributed by atoms with Gasteiger partial charge in [-0.05, 0) is 27.2 Å². The molecule has 1 unspecified atom stereocenters. The second-order valence-electron chi connectivity index (χ2n) is 5.74. The molecular formula is C14H26O4. The molecule has 0 spiro atoms. The number of hydrogen-bond donors (Lipinski definition) is 0. The van der Waals surface area contributed by atoms with Crippen LogP contribution in [0, 0.1) is 11.3 Å². The topological polar surface area (TPSA) is 52.6 Å². The maximum Gasteiger partial charge on any atom is 0.311 e. The molecule has 0 saturated heterocycles. The summed E-state index contributed by atoms with van der Waals surface area (Å²) in [6.45, 7) is 9.95. The molecule has 0 aromatic rings. The van der Waals surface area contributed by atoms with Crippen LogP contribution in [-0.2, 0) is 19.1 Å². The molecule has 0 aromatic carbocycles. The lowest BCUT2D eigenvalue weighted by molar-refractivity contribution is -0.155. The smallest absolute Gasteiger partial charge is 0.311 e. The van der Waals surface area contributed by atoms with Gasteiger partial charge in [-0.3, -0.25) is 9.59 Å². The third-order valence-corrected chi connectivity index (χ3v) is 2.37. The molecule has 4 nitrogen and oxygen atoms in total. The first-order valence-corrected chi connectivity index (χ1v) is 6.60. The van der Waals surface area contributed by atoms with Crippen LogP contribution < -0.4 is 0 Å². The summed E-state index contributed by atoms with van der Waals surface area (Å²) >= 11 is 0. The van der Waals surface area contributed by atoms with Gasteiger partial charge in [-0.15, -0.1) is 0 Å². The Bertz CT molecular complexity index is 265. The lowest BCUT2D eigenvalue weighted by Crippen LogP contribution is -2.26. The highest BCUT2D eigenvalue weighted by Gasteiger charge is 2.23. The van der Waals surface area contributed by atoms with Crippen LogP contribution in [0.1, 0.15) is 53.9 Å². The fourth-order valence-electron chi connectivity index (χ4n) is 1.11. The van der Waals surface area contributed by atoms with Gasteiger partial charge in [0.25, 0.3) is 0 Å². The summed E-state index contributed by atoms with van der Waals surface area (Å²) in [6, 6.07) is 0. The largest absolute Gasteiger partial charge is 0.465 e. The zero-order valence-corrected chi connectivity index (χ0v) is 12.2. The van der Waals surface area contributed by atoms with Gasteiger partial charge in [0.1, 0.15) is 0 Å². The lowest BCUT2D eigenvalue weighted by atomic mass is 9.97. The molecule has 106 valence electrons. The van der Waals surface area contributed by atoms with Crippen molar-refractivity contribution in [1.29, 1.82) is 0 Å². The van der Waals surface area contributed by atoms with E-state index in [2.05, 4.69) is 0 Å². The molecule has 0 aliphatic carbocycles. The van der Waals surface area contributed by atoms with Gasteiger partial charge in [-0.25, -0.2) is 0 Å². The van der Waals surface area contributed by atoms with E-state index in [-0.39, 0.29) is 24.5 Å². The Morgan fingerprint density at radius 1 is 1.11 bits per heavy atom. The Kier molecular flexibility index (Phi) is 7.64. The summed E-state index contributed by atoms with van der Waals surface area (Å²) in [5, 5.41) is 0. The van der Waals surface area contributed by atoms with E-state index >= 15 is 0 Å². The summed E-state index contributed by atoms with van der Waals surface area (Å²) < 4.78 is 10.2. The van der Waals surface area contributed by atoms with Crippen molar-refractivity contribution in [3.8, 4) is 0 Å². The molecule has 0 radical (unpaired) electrons. The predicted molar refractivity (Wildman–Crippen MR) is 70.1 cm³/mol. The zero-order valence-electron chi connectivity index (χ0n) is 12.2. The summed E-state index contributed by atoms with van der Waals surface area (Å²) in [5.41, 5.74) is -0.489. The van der Waals surface area contributed by atoms with Crippen LogP contribution in [0.25, 0.3) is 0 Å². The molecule has 0 fully saturated rings. The van der Waals surface area contributed by atoms with Gasteiger partial charge in [0.05, 0.1) is 18.6 Å². The minimum atomic E-state index is -0.489. The first kappa shape index (κ1) is 16.9. The highest BCUT2D eigenvalue weighted by Crippen LogP contribution is 2.15. The average Bonchev–Trinajstić information content (AvgIpc) is 2.29. The number of carbonyl (C=O) groups excluding carboxylic acids is 2. The Labute approximate surface area is 110 Å². The molecule has 0 saturated carbocycles. The van der Waals surface area contributed by atoms with Gasteiger partial charge in [0.15, 0.2) is 0 Å². The van der Waals surface area contributed by atoms with E-state index in [0.717, 1.165) is 12.8 Å². The average molecular weight is 258 g/mol. The monoisotopic (exact) mass is 258 g/mol. The van der Waals surface area contributed by atoms with E-state index < -0.39 is 5.41 Å². The van der Waals surface area contributed by atoms with E-state index in [1.807, 2.05) is 34.6 Å². The van der Waals surface area contributed by atoms with Crippen molar-refractivity contribution in [3.63, 3.8) is 0 Å². The minimum Gasteiger partial charge on any atom is -0.465 e. The second-order valence-corrected chi connectivity index (χ2v) is 5.74. The third-order valence-electron chi connectivity index (χ3n) is 2.37. The molecule has 0 bridgehead atoms. The Hall–Kier alpha value is -1.06. The number of carbonyl (C=O) groups is 2. The molecule has 0 heterocycles. The van der Waals surface area contributed by atoms with Crippen LogP contribution in [-0.4, -0.2) is 25.2 Å². The van der Waals surface area contributed by atoms with Crippen LogP contribution in [0.4, 0.5) is 0 Å². The molecule has 0 amide bonds. The number of rotatable bonds is 7. The fourth-order valence-corrected chi connectivity index (χ4v) is 1.11. The molecule has 0 rings (SSSR count). The second kappa shape index (κ2) is 8.11. The van der Waals surface area contributed by atoms with Gasteiger partial charge in [-0.1, -0.05) is 20.3 Å². The van der Waals surface area contributed by atoms with E-state index in [0.29, 0.717) is 13.0 Å². The number of esters is 2. The Morgan fingerprint density at radius 3 is 2.17 bits per heavy atom. The first-order valence-electron chi connectivity index (χ1n) is 6.60. The normalized spacial score (nSPS) is 12.9. The fraction of sp³-hybridized carbons (Fsp3) is 0.857. The van der Waals surface area contributed by atoms with Crippen LogP contribution in [0.2, 0.25) is 0 Å². The maximum absolute atomic E-state index is 11.5. The molecule has 1 atom stereocenters. The summed E-state index contributed by atoms with van der Waals surface area (Å²) in [6.07, 6.45) is 2.30. The Balaban J connectivity index is 3.75. The van der Waals surface area contributed by atoms with Crippen molar-refractivity contribution in [2.75, 3.05) is 13.2 Å². The van der Waals surface area contributed by atoms with Crippen molar-refractivity contribution in [2.24, 2.45) is 11.3 Å². The standard InChI is InChI=1S/C14H26O4/c1-6-7-8-12(15)17-9-11(2)10-18-13(16)14(3,4)5/h11H,6-10H2,1-5H3. The third kappa shape index (κ3) is 8.09. The van der Waals surface area contributed by atoms with Gasteiger partial charge in [-0.2, -0.15) is 0 Å². The molecular weight excluding hydrogens is 232 g/mol. The SMILES string of the molecule is CCCCC(=O)OCC(C)COC(=O)C(C)(C)C. The van der Waals surface area contributed by atoms with E-state index in [9.17, 15) is 9.59 Å². The number of ether oxygens (including phenoxy) is 2. The van der Waals surface area contributed by atoms with Crippen molar-refractivity contribution >= 4 is 11.9 Å². The number of hydrogen-bond acceptors (Lipinski definition) is 4. The van der Waals surface area contributed by atoms with Gasteiger partial charge in [0, 0.05) is 12.3 Å². The molecule has 18 heavy (non-hydrogen) atoms. The first-order chi connectivity index (χ1) is 8.27. The molecule has 0 aliphatic heterocycles. The maximum atomic E-state index is 11.5. The summed E-state index contributed by atoms with van der Waals surface area (Å²) in [7, 11) is 0. The molecule has 0 aromatic heterocycles. The van der Waals surface area contributed by atoms with Crippen LogP contribution in [0.15, 0.2) is 0 Å². The van der Waals surface area contributed by atoms with Crippen molar-refractivity contribution in [3.05, 3.63) is 0 Å². The van der Waals surface area contributed by atoms with E-state index in [4.69, 9.17) is 9.47 Å². The van der Waals surface area contributed by atoms with Crippen molar-refractivity contribution in [1.82, 2.24) is 0 Å². The van der Waals surface area contributed by atoms with Crippen molar-refractivity contribution in [2.45, 2.75) is 53.9 Å². The van der Waals surface area contributed by atoms with Crippen LogP contribution in [0.5, 0.6) is 0 Å². The summed E-state index contributed by atoms with van der Waals surface area (Å²) in [5.74, 6) is -0.376. The van der Waals surface area contributed by atoms with Gasteiger partial charge >= 0.3 is 11.9 Å². The highest BCUT2D eigenvalue weighted by molar-refractivity contribution is 5.75. The van der Waals surface area contributed by atoms with Gasteiger partial charge in [0.2, 0.25) is 0 Å². The van der Waals surface area contributed by atoms with Crippen LogP contribution >= 0.6 is 0 Å². The lowest BCUT2D eigenvalue weighted by Gasteiger charge is -2.19. The summed E-state index contributed by atoms with van der Waals surface area (Å²) in [4.78, 5) is 22.8. The van der Waals surface area contributed by atoms with E-state index in [1.54, 1.807) is 0 Å². The highest BCUT2D eigenvalue weighted by atomic mass is 16.5. The van der Waals surface area contributed by atoms with E-state index in [1.165, 1.54) is 0 Å². The molecule has 0 N–H and O–H groups in total. The van der Waals surface area contributed by atoms with Crippen molar-refractivity contribution < 1.29 is 19.1 Å². The molecule has 0 aliphatic rings.